The number of rotatable bonds is 4. The number of thioether (sulfide) groups is 1. The fraction of sp³-hybridized carbons (Fsp3) is 0.533. The van der Waals surface area contributed by atoms with Crippen molar-refractivity contribution in [2.75, 3.05) is 17.7 Å². The van der Waals surface area contributed by atoms with E-state index >= 15 is 0 Å². The first-order chi connectivity index (χ1) is 9.99. The van der Waals surface area contributed by atoms with Gasteiger partial charge >= 0.3 is 5.97 Å². The Morgan fingerprint density at radius 2 is 2.38 bits per heavy atom. The monoisotopic (exact) mass is 391 g/mol. The van der Waals surface area contributed by atoms with Crippen molar-refractivity contribution in [3.8, 4) is 0 Å². The van der Waals surface area contributed by atoms with Crippen molar-refractivity contribution < 1.29 is 9.53 Å². The molecule has 1 N–H and O–H groups in total. The van der Waals surface area contributed by atoms with Crippen LogP contribution < -0.4 is 5.32 Å². The highest BCUT2D eigenvalue weighted by Gasteiger charge is 2.47. The third kappa shape index (κ3) is 3.69. The number of carbonyl (C=O) groups excluding carboxylic acids is 1. The van der Waals surface area contributed by atoms with E-state index in [4.69, 9.17) is 16.3 Å². The molecule has 0 amide bonds. The van der Waals surface area contributed by atoms with Crippen molar-refractivity contribution in [2.45, 2.75) is 37.5 Å². The molecule has 0 spiro atoms. The SMILES string of the molecule is CCOC(=O)C1(Nc2ccc(Cl)c(Br)c2)CCCSC1C. The van der Waals surface area contributed by atoms with Crippen molar-refractivity contribution >= 4 is 50.9 Å². The highest BCUT2D eigenvalue weighted by atomic mass is 79.9. The lowest BCUT2D eigenvalue weighted by Gasteiger charge is -2.41. The Kier molecular flexibility index (Phi) is 5.86. The molecular weight excluding hydrogens is 374 g/mol. The minimum Gasteiger partial charge on any atom is -0.464 e. The first-order valence-corrected chi connectivity index (χ1v) is 9.23. The van der Waals surface area contributed by atoms with Gasteiger partial charge in [0.05, 0.1) is 11.6 Å². The lowest BCUT2D eigenvalue weighted by atomic mass is 9.89. The predicted octanol–water partition coefficient (Wildman–Crippen LogP) is 4.73. The molecule has 21 heavy (non-hydrogen) atoms. The van der Waals surface area contributed by atoms with E-state index in [-0.39, 0.29) is 11.2 Å². The molecular formula is C15H19BrClNO2S. The van der Waals surface area contributed by atoms with E-state index in [9.17, 15) is 4.79 Å². The van der Waals surface area contributed by atoms with Gasteiger partial charge in [0, 0.05) is 15.4 Å². The summed E-state index contributed by atoms with van der Waals surface area (Å²) in [7, 11) is 0. The molecule has 2 rings (SSSR count). The molecule has 0 radical (unpaired) electrons. The molecule has 0 bridgehead atoms. The van der Waals surface area contributed by atoms with Crippen molar-refractivity contribution in [2.24, 2.45) is 0 Å². The Bertz CT molecular complexity index is 528. The first-order valence-electron chi connectivity index (χ1n) is 7.01. The Morgan fingerprint density at radius 1 is 1.62 bits per heavy atom. The average molecular weight is 393 g/mol. The summed E-state index contributed by atoms with van der Waals surface area (Å²) in [6.07, 6.45) is 1.77. The second-order valence-corrected chi connectivity index (χ2v) is 7.77. The maximum Gasteiger partial charge on any atom is 0.332 e. The largest absolute Gasteiger partial charge is 0.464 e. The topological polar surface area (TPSA) is 38.3 Å². The molecule has 1 heterocycles. The fourth-order valence-electron chi connectivity index (χ4n) is 2.53. The van der Waals surface area contributed by atoms with E-state index in [0.29, 0.717) is 11.6 Å². The number of hydrogen-bond donors (Lipinski definition) is 1. The van der Waals surface area contributed by atoms with Crippen LogP contribution in [0.2, 0.25) is 5.02 Å². The molecule has 1 aliphatic rings. The van der Waals surface area contributed by atoms with E-state index < -0.39 is 5.54 Å². The van der Waals surface area contributed by atoms with Crippen LogP contribution in [0, 0.1) is 0 Å². The van der Waals surface area contributed by atoms with E-state index in [1.165, 1.54) is 0 Å². The number of nitrogens with one attached hydrogen (secondary N) is 1. The standard InChI is InChI=1S/C15H19BrClNO2S/c1-3-20-14(19)15(7-4-8-21-10(15)2)18-11-5-6-13(17)12(16)9-11/h5-6,9-10,18H,3-4,7-8H2,1-2H3. The molecule has 3 nitrogen and oxygen atoms in total. The maximum absolute atomic E-state index is 12.6. The molecule has 1 saturated heterocycles. The molecule has 0 aromatic heterocycles. The number of esters is 1. The van der Waals surface area contributed by atoms with Gasteiger partial charge in [-0.15, -0.1) is 0 Å². The number of benzene rings is 1. The summed E-state index contributed by atoms with van der Waals surface area (Å²) in [5, 5.41) is 4.22. The van der Waals surface area contributed by atoms with Gasteiger partial charge in [0.2, 0.25) is 0 Å². The summed E-state index contributed by atoms with van der Waals surface area (Å²) in [5.41, 5.74) is 0.195. The number of hydrogen-bond acceptors (Lipinski definition) is 4. The summed E-state index contributed by atoms with van der Waals surface area (Å²) in [6.45, 7) is 4.31. The van der Waals surface area contributed by atoms with Gasteiger partial charge < -0.3 is 10.1 Å². The molecule has 1 aromatic carbocycles. The van der Waals surface area contributed by atoms with Gasteiger partial charge in [0.15, 0.2) is 0 Å². The Morgan fingerprint density at radius 3 is 3.00 bits per heavy atom. The Labute approximate surface area is 143 Å². The van der Waals surface area contributed by atoms with Crippen LogP contribution in [0.25, 0.3) is 0 Å². The zero-order valence-electron chi connectivity index (χ0n) is 12.1. The third-order valence-electron chi connectivity index (χ3n) is 3.70. The molecule has 1 fully saturated rings. The summed E-state index contributed by atoms with van der Waals surface area (Å²) >= 11 is 11.3. The maximum atomic E-state index is 12.6. The first kappa shape index (κ1) is 17.0. The molecule has 0 aliphatic carbocycles. The normalized spacial score (nSPS) is 25.4. The van der Waals surface area contributed by atoms with Crippen LogP contribution in [0.1, 0.15) is 26.7 Å². The van der Waals surface area contributed by atoms with Crippen LogP contribution in [0.3, 0.4) is 0 Å². The third-order valence-corrected chi connectivity index (χ3v) is 6.34. The van der Waals surface area contributed by atoms with Crippen LogP contribution in [0.5, 0.6) is 0 Å². The highest BCUT2D eigenvalue weighted by Crippen LogP contribution is 2.38. The van der Waals surface area contributed by atoms with E-state index in [1.54, 1.807) is 11.8 Å². The van der Waals surface area contributed by atoms with Gasteiger partial charge in [0.1, 0.15) is 5.54 Å². The molecule has 2 unspecified atom stereocenters. The molecule has 1 aromatic rings. The Balaban J connectivity index is 2.30. The van der Waals surface area contributed by atoms with E-state index in [2.05, 4.69) is 28.2 Å². The summed E-state index contributed by atoms with van der Waals surface area (Å²) < 4.78 is 6.14. The second-order valence-electron chi connectivity index (χ2n) is 5.06. The van der Waals surface area contributed by atoms with Gasteiger partial charge in [-0.2, -0.15) is 11.8 Å². The summed E-state index contributed by atoms with van der Waals surface area (Å²) in [5.74, 6) is 0.907. The number of anilines is 1. The van der Waals surface area contributed by atoms with Crippen molar-refractivity contribution in [3.05, 3.63) is 27.7 Å². The van der Waals surface area contributed by atoms with Gasteiger partial charge in [0.25, 0.3) is 0 Å². The predicted molar refractivity (Wildman–Crippen MR) is 93.3 cm³/mol. The Hall–Kier alpha value is -0.390. The van der Waals surface area contributed by atoms with Crippen LogP contribution >= 0.6 is 39.3 Å². The van der Waals surface area contributed by atoms with Crippen LogP contribution in [-0.2, 0) is 9.53 Å². The van der Waals surface area contributed by atoms with Crippen molar-refractivity contribution in [3.63, 3.8) is 0 Å². The molecule has 1 aliphatic heterocycles. The summed E-state index contributed by atoms with van der Waals surface area (Å²) in [6, 6.07) is 5.60. The molecule has 6 heteroatoms. The number of halogens is 2. The van der Waals surface area contributed by atoms with Crippen LogP contribution in [-0.4, -0.2) is 29.1 Å². The lowest BCUT2D eigenvalue weighted by Crippen LogP contribution is -2.56. The highest BCUT2D eigenvalue weighted by molar-refractivity contribution is 9.10. The minimum absolute atomic E-state index is 0.153. The van der Waals surface area contributed by atoms with Gasteiger partial charge in [-0.1, -0.05) is 18.5 Å². The van der Waals surface area contributed by atoms with Crippen LogP contribution in [0.15, 0.2) is 22.7 Å². The number of ether oxygens (including phenoxy) is 1. The average Bonchev–Trinajstić information content (AvgIpc) is 2.45. The van der Waals surface area contributed by atoms with Crippen molar-refractivity contribution in [1.82, 2.24) is 0 Å². The lowest BCUT2D eigenvalue weighted by molar-refractivity contribution is -0.148. The zero-order valence-corrected chi connectivity index (χ0v) is 15.3. The molecule has 116 valence electrons. The van der Waals surface area contributed by atoms with Gasteiger partial charge in [-0.05, 0) is 59.6 Å². The minimum atomic E-state index is -0.674. The van der Waals surface area contributed by atoms with E-state index in [0.717, 1.165) is 28.8 Å². The van der Waals surface area contributed by atoms with Crippen LogP contribution in [0.4, 0.5) is 5.69 Å². The molecule has 0 saturated carbocycles. The summed E-state index contributed by atoms with van der Waals surface area (Å²) in [4.78, 5) is 12.6. The second kappa shape index (κ2) is 7.25. The van der Waals surface area contributed by atoms with Gasteiger partial charge in [-0.3, -0.25) is 0 Å². The van der Waals surface area contributed by atoms with Crippen molar-refractivity contribution in [1.29, 1.82) is 0 Å². The zero-order chi connectivity index (χ0) is 15.5. The fourth-order valence-corrected chi connectivity index (χ4v) is 4.25. The van der Waals surface area contributed by atoms with E-state index in [1.807, 2.05) is 25.1 Å². The molecule has 2 atom stereocenters. The van der Waals surface area contributed by atoms with Gasteiger partial charge in [-0.25, -0.2) is 4.79 Å². The smallest absolute Gasteiger partial charge is 0.332 e. The quantitative estimate of drug-likeness (QED) is 0.752. The number of carbonyl (C=O) groups is 1.